The molecule has 0 saturated heterocycles. The lowest BCUT2D eigenvalue weighted by atomic mass is 10.2. The van der Waals surface area contributed by atoms with E-state index in [1.54, 1.807) is 37.5 Å². The van der Waals surface area contributed by atoms with E-state index in [9.17, 15) is 8.42 Å². The summed E-state index contributed by atoms with van der Waals surface area (Å²) in [6.45, 7) is 0.351. The predicted molar refractivity (Wildman–Crippen MR) is 89.5 cm³/mol. The molecule has 1 aliphatic rings. The summed E-state index contributed by atoms with van der Waals surface area (Å²) in [6, 6.07) is 8.60. The van der Waals surface area contributed by atoms with E-state index in [1.807, 2.05) is 6.07 Å². The molecule has 2 aromatic rings. The van der Waals surface area contributed by atoms with E-state index in [-0.39, 0.29) is 18.4 Å². The monoisotopic (exact) mass is 341 g/mol. The van der Waals surface area contributed by atoms with Crippen molar-refractivity contribution >= 4 is 33.3 Å². The Hall–Kier alpha value is -1.21. The van der Waals surface area contributed by atoms with Crippen molar-refractivity contribution in [3.63, 3.8) is 0 Å². The minimum absolute atomic E-state index is 0. The Kier molecular flexibility index (Phi) is 5.07. The minimum atomic E-state index is -3.57. The molecule has 1 fully saturated rings. The fourth-order valence-electron chi connectivity index (χ4n) is 2.75. The number of pyridine rings is 1. The first kappa shape index (κ1) is 17.1. The van der Waals surface area contributed by atoms with Crippen LogP contribution < -0.4 is 5.73 Å². The molecular weight excluding hydrogens is 322 g/mol. The first-order valence-electron chi connectivity index (χ1n) is 7.07. The molecule has 1 saturated carbocycles. The zero-order valence-corrected chi connectivity index (χ0v) is 14.0. The molecule has 0 aliphatic heterocycles. The number of halogens is 1. The van der Waals surface area contributed by atoms with Crippen LogP contribution in [0.3, 0.4) is 0 Å². The van der Waals surface area contributed by atoms with E-state index in [0.717, 1.165) is 12.8 Å². The summed E-state index contributed by atoms with van der Waals surface area (Å²) < 4.78 is 27.3. The average molecular weight is 342 g/mol. The van der Waals surface area contributed by atoms with Crippen molar-refractivity contribution in [3.05, 3.63) is 36.5 Å². The first-order chi connectivity index (χ1) is 10.1. The molecule has 2 N–H and O–H groups in total. The van der Waals surface area contributed by atoms with Crippen LogP contribution in [0.15, 0.2) is 41.4 Å². The summed E-state index contributed by atoms with van der Waals surface area (Å²) in [6.07, 6.45) is 3.77. The van der Waals surface area contributed by atoms with Gasteiger partial charge in [-0.1, -0.05) is 6.07 Å². The second-order valence-electron chi connectivity index (χ2n) is 5.49. The average Bonchev–Trinajstić information content (AvgIpc) is 3.32. The molecule has 0 bridgehead atoms. The number of rotatable bonds is 5. The predicted octanol–water partition coefficient (Wildman–Crippen LogP) is 2.01. The van der Waals surface area contributed by atoms with E-state index < -0.39 is 10.0 Å². The van der Waals surface area contributed by atoms with E-state index >= 15 is 0 Å². The van der Waals surface area contributed by atoms with E-state index in [0.29, 0.717) is 28.3 Å². The molecule has 0 radical (unpaired) electrons. The normalized spacial score (nSPS) is 16.5. The highest BCUT2D eigenvalue weighted by Crippen LogP contribution is 2.36. The van der Waals surface area contributed by atoms with Crippen LogP contribution in [0.4, 0.5) is 0 Å². The summed E-state index contributed by atoms with van der Waals surface area (Å²) in [5, 5.41) is 0.651. The van der Waals surface area contributed by atoms with Crippen molar-refractivity contribution in [1.82, 2.24) is 9.29 Å². The maximum absolute atomic E-state index is 12.9. The van der Waals surface area contributed by atoms with Crippen LogP contribution >= 0.6 is 12.4 Å². The van der Waals surface area contributed by atoms with Crippen LogP contribution in [0.5, 0.6) is 0 Å². The summed E-state index contributed by atoms with van der Waals surface area (Å²) in [5.41, 5.74) is 6.47. The number of hydrogen-bond acceptors (Lipinski definition) is 4. The van der Waals surface area contributed by atoms with Gasteiger partial charge in [-0.25, -0.2) is 8.42 Å². The summed E-state index contributed by atoms with van der Waals surface area (Å²) in [7, 11) is -1.94. The molecule has 1 aromatic heterocycles. The molecule has 1 aliphatic carbocycles. The molecule has 120 valence electrons. The van der Waals surface area contributed by atoms with Crippen molar-refractivity contribution in [2.45, 2.75) is 23.8 Å². The Morgan fingerprint density at radius 2 is 2.05 bits per heavy atom. The van der Waals surface area contributed by atoms with Crippen LogP contribution in [-0.4, -0.2) is 37.3 Å². The van der Waals surface area contributed by atoms with Crippen molar-refractivity contribution in [1.29, 1.82) is 0 Å². The number of hydrogen-bond donors (Lipinski definition) is 1. The molecule has 1 unspecified atom stereocenters. The lowest BCUT2D eigenvalue weighted by Crippen LogP contribution is -2.43. The third-order valence-corrected chi connectivity index (χ3v) is 6.08. The third-order valence-electron chi connectivity index (χ3n) is 4.14. The Balaban J connectivity index is 0.00000176. The zero-order valence-electron chi connectivity index (χ0n) is 12.3. The van der Waals surface area contributed by atoms with Crippen molar-refractivity contribution in [2.24, 2.45) is 11.7 Å². The SMILES string of the molecule is CN(C(CN)C1CC1)S(=O)(=O)c1cccc2ncccc12.Cl. The highest BCUT2D eigenvalue weighted by Gasteiger charge is 2.38. The highest BCUT2D eigenvalue weighted by molar-refractivity contribution is 7.89. The molecule has 22 heavy (non-hydrogen) atoms. The van der Waals surface area contributed by atoms with Gasteiger partial charge in [0.2, 0.25) is 10.0 Å². The molecular formula is C15H20ClN3O2S. The van der Waals surface area contributed by atoms with Crippen LogP contribution in [0.1, 0.15) is 12.8 Å². The number of nitrogens with two attached hydrogens (primary N) is 1. The van der Waals surface area contributed by atoms with Gasteiger partial charge in [-0.05, 0) is 43.0 Å². The largest absolute Gasteiger partial charge is 0.329 e. The van der Waals surface area contributed by atoms with Crippen molar-refractivity contribution in [3.8, 4) is 0 Å². The molecule has 0 amide bonds. The zero-order chi connectivity index (χ0) is 15.0. The Labute approximate surface area is 137 Å². The Bertz CT molecular complexity index is 757. The number of sulfonamides is 1. The number of nitrogens with zero attached hydrogens (tertiary/aromatic N) is 2. The number of likely N-dealkylation sites (N-methyl/N-ethyl adjacent to an activating group) is 1. The molecule has 5 nitrogen and oxygen atoms in total. The van der Waals surface area contributed by atoms with Gasteiger partial charge in [0.25, 0.3) is 0 Å². The Morgan fingerprint density at radius 3 is 2.68 bits per heavy atom. The third kappa shape index (κ3) is 2.96. The van der Waals surface area contributed by atoms with Crippen LogP contribution in [0, 0.1) is 5.92 Å². The maximum atomic E-state index is 12.9. The van der Waals surface area contributed by atoms with Gasteiger partial charge < -0.3 is 5.73 Å². The van der Waals surface area contributed by atoms with Crippen molar-refractivity contribution < 1.29 is 8.42 Å². The van der Waals surface area contributed by atoms with Crippen LogP contribution in [0.25, 0.3) is 10.9 Å². The topological polar surface area (TPSA) is 76.3 Å². The van der Waals surface area contributed by atoms with Gasteiger partial charge in [0, 0.05) is 31.2 Å². The van der Waals surface area contributed by atoms with E-state index in [4.69, 9.17) is 5.73 Å². The number of benzene rings is 1. The number of fused-ring (bicyclic) bond motifs is 1. The standard InChI is InChI=1S/C15H19N3O2S.ClH/c1-18(14(10-16)11-7-8-11)21(19,20)15-6-2-5-13-12(15)4-3-9-17-13;/h2-6,9,11,14H,7-8,10,16H2,1H3;1H. The van der Waals surface area contributed by atoms with Crippen molar-refractivity contribution in [2.75, 3.05) is 13.6 Å². The van der Waals surface area contributed by atoms with Crippen LogP contribution in [0.2, 0.25) is 0 Å². The molecule has 0 spiro atoms. The van der Waals surface area contributed by atoms with Gasteiger partial charge in [0.15, 0.2) is 0 Å². The van der Waals surface area contributed by atoms with E-state index in [2.05, 4.69) is 4.98 Å². The quantitative estimate of drug-likeness (QED) is 0.902. The first-order valence-corrected chi connectivity index (χ1v) is 8.51. The molecule has 7 heteroatoms. The van der Waals surface area contributed by atoms with Gasteiger partial charge in [-0.15, -0.1) is 12.4 Å². The smallest absolute Gasteiger partial charge is 0.243 e. The lowest BCUT2D eigenvalue weighted by Gasteiger charge is -2.26. The van der Waals surface area contributed by atoms with Gasteiger partial charge in [0.05, 0.1) is 10.4 Å². The highest BCUT2D eigenvalue weighted by atomic mass is 35.5. The van der Waals surface area contributed by atoms with Gasteiger partial charge in [0.1, 0.15) is 0 Å². The molecule has 1 aromatic carbocycles. The summed E-state index contributed by atoms with van der Waals surface area (Å²) >= 11 is 0. The fraction of sp³-hybridized carbons (Fsp3) is 0.400. The minimum Gasteiger partial charge on any atom is -0.329 e. The Morgan fingerprint density at radius 1 is 1.32 bits per heavy atom. The molecule has 1 atom stereocenters. The summed E-state index contributed by atoms with van der Waals surface area (Å²) in [5.74, 6) is 0.392. The number of aromatic nitrogens is 1. The van der Waals surface area contributed by atoms with Gasteiger partial charge >= 0.3 is 0 Å². The van der Waals surface area contributed by atoms with Gasteiger partial charge in [-0.2, -0.15) is 4.31 Å². The van der Waals surface area contributed by atoms with Gasteiger partial charge in [-0.3, -0.25) is 4.98 Å². The molecule has 3 rings (SSSR count). The second kappa shape index (κ2) is 6.50. The summed E-state index contributed by atoms with van der Waals surface area (Å²) in [4.78, 5) is 4.52. The van der Waals surface area contributed by atoms with E-state index in [1.165, 1.54) is 4.31 Å². The maximum Gasteiger partial charge on any atom is 0.243 e. The second-order valence-corrected chi connectivity index (χ2v) is 7.45. The fourth-order valence-corrected chi connectivity index (χ4v) is 4.38. The lowest BCUT2D eigenvalue weighted by molar-refractivity contribution is 0.341. The van der Waals surface area contributed by atoms with Crippen LogP contribution in [-0.2, 0) is 10.0 Å². The molecule has 1 heterocycles.